The molecule has 158 valence electrons. The molecule has 1 N–H and O–H groups in total. The topological polar surface area (TPSA) is 78.4 Å². The van der Waals surface area contributed by atoms with Crippen LogP contribution in [0.25, 0.3) is 0 Å². The van der Waals surface area contributed by atoms with Crippen LogP contribution in [0.3, 0.4) is 0 Å². The molecule has 0 bridgehead atoms. The standard InChI is InChI=1S/C23H26N2O5/c1-2-27-12-13-28-23(24-19-9-5-7-16-6-3-4-8-18(16)19)25-22(26)17-10-11-20-21(14-17)30-15-29-20/h3-4,6,8,10-11,14,19H,2,5,7,9,12-13,15H2,1H3,(H,24,25,26)/t19-/m0/s1. The van der Waals surface area contributed by atoms with E-state index in [0.29, 0.717) is 36.9 Å². The van der Waals surface area contributed by atoms with Crippen LogP contribution in [0.2, 0.25) is 0 Å². The maximum Gasteiger partial charge on any atom is 0.292 e. The Morgan fingerprint density at radius 1 is 1.17 bits per heavy atom. The number of hydrogen-bond acceptors (Lipinski definition) is 6. The van der Waals surface area contributed by atoms with Gasteiger partial charge < -0.3 is 18.9 Å². The molecule has 4 rings (SSSR count). The fraction of sp³-hybridized carbons (Fsp3) is 0.391. The van der Waals surface area contributed by atoms with Gasteiger partial charge in [0, 0.05) is 12.2 Å². The van der Waals surface area contributed by atoms with E-state index in [2.05, 4.69) is 17.4 Å². The highest BCUT2D eigenvalue weighted by Gasteiger charge is 2.22. The first-order chi connectivity index (χ1) is 14.7. The summed E-state index contributed by atoms with van der Waals surface area (Å²) in [5.74, 6) is 0.874. The zero-order valence-electron chi connectivity index (χ0n) is 17.1. The van der Waals surface area contributed by atoms with Crippen molar-refractivity contribution in [2.75, 3.05) is 26.6 Å². The van der Waals surface area contributed by atoms with Crippen LogP contribution in [-0.4, -0.2) is 38.5 Å². The molecule has 0 spiro atoms. The molecule has 1 aliphatic carbocycles. The van der Waals surface area contributed by atoms with Crippen molar-refractivity contribution in [3.8, 4) is 11.5 Å². The van der Waals surface area contributed by atoms with E-state index in [0.717, 1.165) is 19.3 Å². The van der Waals surface area contributed by atoms with Gasteiger partial charge in [-0.3, -0.25) is 10.1 Å². The van der Waals surface area contributed by atoms with Crippen LogP contribution in [-0.2, 0) is 15.9 Å². The summed E-state index contributed by atoms with van der Waals surface area (Å²) < 4.78 is 21.8. The average Bonchev–Trinajstić information content (AvgIpc) is 3.25. The number of amidine groups is 1. The number of nitrogens with one attached hydrogen (secondary N) is 1. The van der Waals surface area contributed by atoms with Crippen LogP contribution >= 0.6 is 0 Å². The molecule has 0 saturated heterocycles. The van der Waals surface area contributed by atoms with Crippen LogP contribution in [0.1, 0.15) is 47.3 Å². The lowest BCUT2D eigenvalue weighted by molar-refractivity contribution is 0.0920. The van der Waals surface area contributed by atoms with Gasteiger partial charge in [0.1, 0.15) is 6.61 Å². The third-order valence-corrected chi connectivity index (χ3v) is 5.14. The highest BCUT2D eigenvalue weighted by molar-refractivity contribution is 6.04. The summed E-state index contributed by atoms with van der Waals surface area (Å²) in [5, 5.41) is 2.82. The minimum atomic E-state index is -0.312. The van der Waals surface area contributed by atoms with Crippen LogP contribution in [0.15, 0.2) is 47.5 Å². The van der Waals surface area contributed by atoms with E-state index in [1.807, 2.05) is 19.1 Å². The minimum Gasteiger partial charge on any atom is -0.463 e. The van der Waals surface area contributed by atoms with Gasteiger partial charge in [-0.1, -0.05) is 24.3 Å². The number of aliphatic imine (C=N–C) groups is 1. The first-order valence-electron chi connectivity index (χ1n) is 10.3. The quantitative estimate of drug-likeness (QED) is 0.447. The Morgan fingerprint density at radius 2 is 2.03 bits per heavy atom. The number of carbonyl (C=O) groups is 1. The van der Waals surface area contributed by atoms with E-state index in [4.69, 9.17) is 23.9 Å². The van der Waals surface area contributed by atoms with Gasteiger partial charge in [0.2, 0.25) is 6.79 Å². The van der Waals surface area contributed by atoms with Crippen LogP contribution in [0.5, 0.6) is 11.5 Å². The smallest absolute Gasteiger partial charge is 0.292 e. The Hall–Kier alpha value is -3.06. The fourth-order valence-corrected chi connectivity index (χ4v) is 3.66. The van der Waals surface area contributed by atoms with Crippen molar-refractivity contribution in [1.29, 1.82) is 0 Å². The Morgan fingerprint density at radius 3 is 2.93 bits per heavy atom. The van der Waals surface area contributed by atoms with Crippen LogP contribution in [0, 0.1) is 0 Å². The van der Waals surface area contributed by atoms with Gasteiger partial charge in [-0.15, -0.1) is 0 Å². The summed E-state index contributed by atoms with van der Waals surface area (Å²) in [6.07, 6.45) is 3.01. The molecular formula is C23H26N2O5. The highest BCUT2D eigenvalue weighted by atomic mass is 16.7. The van der Waals surface area contributed by atoms with Crippen LogP contribution in [0.4, 0.5) is 0 Å². The van der Waals surface area contributed by atoms with Gasteiger partial charge in [0.05, 0.1) is 12.6 Å². The Bertz CT molecular complexity index is 928. The van der Waals surface area contributed by atoms with Gasteiger partial charge in [-0.2, -0.15) is 0 Å². The lowest BCUT2D eigenvalue weighted by atomic mass is 9.88. The van der Waals surface area contributed by atoms with Gasteiger partial charge in [-0.05, 0) is 55.5 Å². The number of hydrogen-bond donors (Lipinski definition) is 1. The van der Waals surface area contributed by atoms with Gasteiger partial charge in [0.15, 0.2) is 11.5 Å². The molecule has 1 atom stereocenters. The molecule has 2 aromatic carbocycles. The van der Waals surface area contributed by atoms with Crippen molar-refractivity contribution in [3.05, 3.63) is 59.2 Å². The minimum absolute atomic E-state index is 0.0471. The van der Waals surface area contributed by atoms with E-state index >= 15 is 0 Å². The maximum absolute atomic E-state index is 12.8. The second-order valence-corrected chi connectivity index (χ2v) is 7.11. The van der Waals surface area contributed by atoms with Crippen molar-refractivity contribution < 1.29 is 23.7 Å². The van der Waals surface area contributed by atoms with Crippen molar-refractivity contribution in [2.45, 2.75) is 32.2 Å². The van der Waals surface area contributed by atoms with E-state index < -0.39 is 0 Å². The molecule has 1 aliphatic heterocycles. The number of benzene rings is 2. The highest BCUT2D eigenvalue weighted by Crippen LogP contribution is 2.33. The molecule has 7 heteroatoms. The summed E-state index contributed by atoms with van der Waals surface area (Å²) in [5.41, 5.74) is 2.93. The number of ether oxygens (including phenoxy) is 4. The van der Waals surface area contributed by atoms with Crippen LogP contribution < -0.4 is 14.8 Å². The predicted octanol–water partition coefficient (Wildman–Crippen LogP) is 3.63. The van der Waals surface area contributed by atoms with Gasteiger partial charge >= 0.3 is 0 Å². The zero-order chi connectivity index (χ0) is 20.8. The Balaban J connectivity index is 1.52. The molecule has 2 aliphatic rings. The maximum atomic E-state index is 12.8. The number of fused-ring (bicyclic) bond motifs is 2. The van der Waals surface area contributed by atoms with E-state index in [1.54, 1.807) is 18.2 Å². The SMILES string of the molecule is CCOCCOC(=N[C@H]1CCCc2ccccc21)NC(=O)c1ccc2c(c1)OCO2. The number of aryl methyl sites for hydroxylation is 1. The molecule has 2 aromatic rings. The molecule has 1 heterocycles. The molecule has 0 radical (unpaired) electrons. The largest absolute Gasteiger partial charge is 0.463 e. The summed E-state index contributed by atoms with van der Waals surface area (Å²) >= 11 is 0. The van der Waals surface area contributed by atoms with Crippen molar-refractivity contribution in [3.63, 3.8) is 0 Å². The predicted molar refractivity (Wildman–Crippen MR) is 112 cm³/mol. The van der Waals surface area contributed by atoms with Crippen molar-refractivity contribution in [2.24, 2.45) is 4.99 Å². The number of nitrogens with zero attached hydrogens (tertiary/aromatic N) is 1. The number of amides is 1. The molecule has 0 saturated carbocycles. The molecule has 0 aromatic heterocycles. The summed E-state index contributed by atoms with van der Waals surface area (Å²) in [6, 6.07) is 13.5. The third-order valence-electron chi connectivity index (χ3n) is 5.14. The lowest BCUT2D eigenvalue weighted by Crippen LogP contribution is -2.34. The fourth-order valence-electron chi connectivity index (χ4n) is 3.66. The van der Waals surface area contributed by atoms with E-state index in [-0.39, 0.29) is 24.8 Å². The molecule has 1 amide bonds. The summed E-state index contributed by atoms with van der Waals surface area (Å²) in [7, 11) is 0. The number of rotatable bonds is 6. The normalized spacial score (nSPS) is 17.4. The van der Waals surface area contributed by atoms with Crippen molar-refractivity contribution in [1.82, 2.24) is 5.32 Å². The summed E-state index contributed by atoms with van der Waals surface area (Å²) in [6.45, 7) is 3.43. The van der Waals surface area contributed by atoms with Gasteiger partial charge in [-0.25, -0.2) is 4.99 Å². The summed E-state index contributed by atoms with van der Waals surface area (Å²) in [4.78, 5) is 17.6. The molecule has 0 fully saturated rings. The van der Waals surface area contributed by atoms with Crippen molar-refractivity contribution >= 4 is 11.9 Å². The molecular weight excluding hydrogens is 384 g/mol. The monoisotopic (exact) mass is 410 g/mol. The second kappa shape index (κ2) is 9.63. The molecule has 30 heavy (non-hydrogen) atoms. The molecule has 0 unspecified atom stereocenters. The zero-order valence-corrected chi connectivity index (χ0v) is 17.1. The number of carbonyl (C=O) groups excluding carboxylic acids is 1. The van der Waals surface area contributed by atoms with Gasteiger partial charge in [0.25, 0.3) is 11.9 Å². The third kappa shape index (κ3) is 4.74. The first kappa shape index (κ1) is 20.2. The van der Waals surface area contributed by atoms with E-state index in [9.17, 15) is 4.79 Å². The lowest BCUT2D eigenvalue weighted by Gasteiger charge is -2.23. The Kier molecular flexibility index (Phi) is 6.49. The first-order valence-corrected chi connectivity index (χ1v) is 10.3. The molecule has 7 nitrogen and oxygen atoms in total. The van der Waals surface area contributed by atoms with E-state index in [1.165, 1.54) is 11.1 Å². The second-order valence-electron chi connectivity index (χ2n) is 7.11. The Labute approximate surface area is 176 Å². The average molecular weight is 410 g/mol.